The van der Waals surface area contributed by atoms with E-state index in [1.165, 1.54) is 0 Å². The largest absolute Gasteiger partial charge is 0.423 e. The van der Waals surface area contributed by atoms with Crippen LogP contribution in [0, 0.1) is 17.6 Å². The van der Waals surface area contributed by atoms with Crippen molar-refractivity contribution in [1.82, 2.24) is 0 Å². The number of benzene rings is 2. The van der Waals surface area contributed by atoms with E-state index in [2.05, 4.69) is 0 Å². The highest BCUT2D eigenvalue weighted by Gasteiger charge is 2.31. The monoisotopic (exact) mass is 430 g/mol. The molecule has 0 saturated carbocycles. The maximum Gasteiger partial charge on any atom is 0.416 e. The van der Waals surface area contributed by atoms with E-state index >= 15 is 0 Å². The van der Waals surface area contributed by atoms with Gasteiger partial charge in [0, 0.05) is 11.5 Å². The van der Waals surface area contributed by atoms with Gasteiger partial charge in [0.1, 0.15) is 22.9 Å². The Morgan fingerprint density at radius 3 is 2.13 bits per heavy atom. The van der Waals surface area contributed by atoms with Crippen LogP contribution in [0.2, 0.25) is 0 Å². The van der Waals surface area contributed by atoms with Crippen LogP contribution in [0.3, 0.4) is 0 Å². The van der Waals surface area contributed by atoms with Crippen LogP contribution < -0.4 is 4.74 Å². The fourth-order valence-electron chi connectivity index (χ4n) is 3.10. The Bertz CT molecular complexity index is 864. The average Bonchev–Trinajstić information content (AvgIpc) is 2.68. The lowest BCUT2D eigenvalue weighted by Crippen LogP contribution is -2.27. The van der Waals surface area contributed by atoms with Crippen molar-refractivity contribution in [3.05, 3.63) is 64.7 Å². The van der Waals surface area contributed by atoms with E-state index in [0.717, 1.165) is 37.1 Å². The summed E-state index contributed by atoms with van der Waals surface area (Å²) in [6.07, 6.45) is -3.65. The molecule has 1 saturated heterocycles. The van der Waals surface area contributed by atoms with Gasteiger partial charge in [-0.15, -0.1) is 0 Å². The predicted octanol–water partition coefficient (Wildman–Crippen LogP) is 5.66. The lowest BCUT2D eigenvalue weighted by Gasteiger charge is -2.29. The molecule has 2 aromatic carbocycles. The predicted molar refractivity (Wildman–Crippen MR) is 95.8 cm³/mol. The second-order valence-electron chi connectivity index (χ2n) is 6.92. The van der Waals surface area contributed by atoms with Crippen molar-refractivity contribution in [1.29, 1.82) is 0 Å². The van der Waals surface area contributed by atoms with Crippen LogP contribution >= 0.6 is 0 Å². The maximum atomic E-state index is 14.4. The van der Waals surface area contributed by atoms with Crippen molar-refractivity contribution in [2.45, 2.75) is 32.2 Å². The minimum atomic E-state index is -4.56. The molecule has 4 nitrogen and oxygen atoms in total. The molecule has 0 unspecified atom stereocenters. The zero-order valence-corrected chi connectivity index (χ0v) is 16.0. The normalized spacial score (nSPS) is 19.5. The second kappa shape index (κ2) is 9.09. The molecule has 0 amide bonds. The summed E-state index contributed by atoms with van der Waals surface area (Å²) in [4.78, 5) is 12.2. The molecule has 0 spiro atoms. The Hall–Kier alpha value is -2.52. The zero-order valence-electron chi connectivity index (χ0n) is 16.0. The summed E-state index contributed by atoms with van der Waals surface area (Å²) in [5.41, 5.74) is -1.83. The molecule has 9 heteroatoms. The number of carbonyl (C=O) groups excluding carboxylic acids is 1. The van der Waals surface area contributed by atoms with E-state index in [4.69, 9.17) is 14.2 Å². The maximum absolute atomic E-state index is 14.4. The molecule has 2 aromatic rings. The van der Waals surface area contributed by atoms with Crippen LogP contribution in [0.4, 0.5) is 22.0 Å². The smallest absolute Gasteiger partial charge is 0.416 e. The highest BCUT2D eigenvalue weighted by atomic mass is 19.4. The Kier molecular flexibility index (Phi) is 6.72. The van der Waals surface area contributed by atoms with E-state index in [9.17, 15) is 26.7 Å². The van der Waals surface area contributed by atoms with Crippen molar-refractivity contribution < 1.29 is 41.0 Å². The molecule has 1 aliphatic heterocycles. The molecule has 30 heavy (non-hydrogen) atoms. The van der Waals surface area contributed by atoms with E-state index < -0.39 is 41.2 Å². The Labute approximate surface area is 169 Å². The van der Waals surface area contributed by atoms with Crippen molar-refractivity contribution in [2.24, 2.45) is 5.92 Å². The third-order valence-electron chi connectivity index (χ3n) is 4.60. The molecule has 1 aliphatic rings. The van der Waals surface area contributed by atoms with Gasteiger partial charge in [0.25, 0.3) is 0 Å². The summed E-state index contributed by atoms with van der Waals surface area (Å²) >= 11 is 0. The third-order valence-corrected chi connectivity index (χ3v) is 4.60. The molecule has 1 fully saturated rings. The van der Waals surface area contributed by atoms with Crippen LogP contribution in [0.15, 0.2) is 36.4 Å². The summed E-state index contributed by atoms with van der Waals surface area (Å²) < 4.78 is 82.4. The summed E-state index contributed by atoms with van der Waals surface area (Å²) in [7, 11) is 0. The first-order chi connectivity index (χ1) is 14.2. The SMILES string of the molecule is CCCC1COC(c2cc(F)c(C(=O)Oc3ccc(C(F)(F)F)cc3)c(F)c2)OC1. The Morgan fingerprint density at radius 1 is 1.07 bits per heavy atom. The van der Waals surface area contributed by atoms with E-state index in [1.54, 1.807) is 0 Å². The van der Waals surface area contributed by atoms with Crippen molar-refractivity contribution >= 4 is 5.97 Å². The number of ether oxygens (including phenoxy) is 3. The van der Waals surface area contributed by atoms with Gasteiger partial charge >= 0.3 is 12.1 Å². The van der Waals surface area contributed by atoms with Crippen molar-refractivity contribution in [3.8, 4) is 5.75 Å². The van der Waals surface area contributed by atoms with Gasteiger partial charge in [-0.25, -0.2) is 13.6 Å². The standard InChI is InChI=1S/C21H19F5O4/c1-2-3-12-10-28-20(29-11-12)13-8-16(22)18(17(23)9-13)19(27)30-15-6-4-14(5-7-15)21(24,25)26/h4-9,12,20H,2-3,10-11H2,1H3. The van der Waals surface area contributed by atoms with Crippen molar-refractivity contribution in [3.63, 3.8) is 0 Å². The lowest BCUT2D eigenvalue weighted by molar-refractivity contribution is -0.206. The zero-order chi connectivity index (χ0) is 21.9. The molecule has 0 bridgehead atoms. The minimum absolute atomic E-state index is 0.0750. The first kappa shape index (κ1) is 22.2. The molecule has 3 rings (SSSR count). The van der Waals surface area contributed by atoms with Gasteiger partial charge in [-0.05, 0) is 42.8 Å². The van der Waals surface area contributed by atoms with Gasteiger partial charge in [-0.3, -0.25) is 0 Å². The minimum Gasteiger partial charge on any atom is -0.423 e. The van der Waals surface area contributed by atoms with Crippen LogP contribution in [-0.2, 0) is 15.7 Å². The molecule has 1 heterocycles. The first-order valence-electron chi connectivity index (χ1n) is 9.30. The fraction of sp³-hybridized carbons (Fsp3) is 0.381. The summed E-state index contributed by atoms with van der Waals surface area (Å²) in [5.74, 6) is -3.82. The first-order valence-corrected chi connectivity index (χ1v) is 9.30. The Balaban J connectivity index is 1.71. The molecule has 0 aliphatic carbocycles. The van der Waals surface area contributed by atoms with Gasteiger partial charge in [0.2, 0.25) is 0 Å². The van der Waals surface area contributed by atoms with E-state index in [0.29, 0.717) is 25.3 Å². The number of hydrogen-bond acceptors (Lipinski definition) is 4. The molecule has 0 atom stereocenters. The van der Waals surface area contributed by atoms with Gasteiger partial charge in [0.15, 0.2) is 6.29 Å². The number of carbonyl (C=O) groups is 1. The van der Waals surface area contributed by atoms with E-state index in [1.807, 2.05) is 6.92 Å². The van der Waals surface area contributed by atoms with Gasteiger partial charge in [0.05, 0.1) is 18.8 Å². The number of alkyl halides is 3. The number of rotatable bonds is 5. The second-order valence-corrected chi connectivity index (χ2v) is 6.92. The van der Waals surface area contributed by atoms with Crippen molar-refractivity contribution in [2.75, 3.05) is 13.2 Å². The summed E-state index contributed by atoms with van der Waals surface area (Å²) in [6.45, 7) is 2.80. The van der Waals surface area contributed by atoms with Crippen LogP contribution in [0.25, 0.3) is 0 Å². The summed E-state index contributed by atoms with van der Waals surface area (Å²) in [6, 6.07) is 5.00. The van der Waals surface area contributed by atoms with E-state index in [-0.39, 0.29) is 17.2 Å². The van der Waals surface area contributed by atoms with Gasteiger partial charge in [-0.1, -0.05) is 13.3 Å². The Morgan fingerprint density at radius 2 is 1.63 bits per heavy atom. The number of halogens is 5. The molecule has 162 valence electrons. The molecule has 0 N–H and O–H groups in total. The highest BCUT2D eigenvalue weighted by Crippen LogP contribution is 2.31. The third kappa shape index (κ3) is 5.14. The number of esters is 1. The van der Waals surface area contributed by atoms with Crippen LogP contribution in [0.5, 0.6) is 5.75 Å². The van der Waals surface area contributed by atoms with Crippen LogP contribution in [0.1, 0.15) is 47.5 Å². The molecular formula is C21H19F5O4. The quantitative estimate of drug-likeness (QED) is 0.349. The topological polar surface area (TPSA) is 44.8 Å². The van der Waals surface area contributed by atoms with Crippen LogP contribution in [-0.4, -0.2) is 19.2 Å². The molecule has 0 aromatic heterocycles. The fourth-order valence-corrected chi connectivity index (χ4v) is 3.10. The lowest BCUT2D eigenvalue weighted by atomic mass is 10.0. The average molecular weight is 430 g/mol. The molecular weight excluding hydrogens is 411 g/mol. The molecule has 0 radical (unpaired) electrons. The van der Waals surface area contributed by atoms with Gasteiger partial charge in [-0.2, -0.15) is 13.2 Å². The number of hydrogen-bond donors (Lipinski definition) is 0. The highest BCUT2D eigenvalue weighted by molar-refractivity contribution is 5.91. The summed E-state index contributed by atoms with van der Waals surface area (Å²) in [5, 5.41) is 0. The van der Waals surface area contributed by atoms with Gasteiger partial charge < -0.3 is 14.2 Å².